The fourth-order valence-corrected chi connectivity index (χ4v) is 2.68. The Balaban J connectivity index is 1.74. The van der Waals surface area contributed by atoms with Crippen LogP contribution in [0.4, 0.5) is 5.82 Å². The molecule has 1 N–H and O–H groups in total. The van der Waals surface area contributed by atoms with Gasteiger partial charge in [-0.25, -0.2) is 4.98 Å². The summed E-state index contributed by atoms with van der Waals surface area (Å²) in [5.41, 5.74) is 1.88. The zero-order valence-electron chi connectivity index (χ0n) is 10.1. The lowest BCUT2D eigenvalue weighted by Crippen LogP contribution is -2.26. The molecule has 18 heavy (non-hydrogen) atoms. The highest BCUT2D eigenvalue weighted by Gasteiger charge is 2.19. The van der Waals surface area contributed by atoms with Gasteiger partial charge in [-0.3, -0.25) is 4.98 Å². The van der Waals surface area contributed by atoms with Crippen molar-refractivity contribution in [2.75, 3.05) is 5.32 Å². The van der Waals surface area contributed by atoms with E-state index in [0.717, 1.165) is 42.5 Å². The third-order valence-electron chi connectivity index (χ3n) is 3.46. The number of hydrogen-bond acceptors (Lipinski definition) is 3. The van der Waals surface area contributed by atoms with Gasteiger partial charge < -0.3 is 5.32 Å². The van der Waals surface area contributed by atoms with E-state index in [1.807, 2.05) is 30.5 Å². The minimum absolute atomic E-state index is 0.353. The summed E-state index contributed by atoms with van der Waals surface area (Å²) in [6.45, 7) is 0. The lowest BCUT2D eigenvalue weighted by Gasteiger charge is -2.26. The molecule has 0 saturated heterocycles. The van der Waals surface area contributed by atoms with Gasteiger partial charge in [0.2, 0.25) is 0 Å². The van der Waals surface area contributed by atoms with Crippen LogP contribution in [0.15, 0.2) is 30.5 Å². The standard InChI is InChI=1S/C14H16ClN3/c15-10-5-7-11(8-6-10)17-14-9-16-12-3-1-2-4-13(12)18-14/h1-4,9-11H,5-8H2,(H,17,18). The summed E-state index contributed by atoms with van der Waals surface area (Å²) in [5.74, 6) is 0.867. The van der Waals surface area contributed by atoms with Crippen molar-refractivity contribution >= 4 is 28.5 Å². The molecular formula is C14H16ClN3. The third-order valence-corrected chi connectivity index (χ3v) is 3.89. The van der Waals surface area contributed by atoms with Gasteiger partial charge >= 0.3 is 0 Å². The smallest absolute Gasteiger partial charge is 0.145 e. The molecule has 0 spiro atoms. The van der Waals surface area contributed by atoms with E-state index in [0.29, 0.717) is 11.4 Å². The van der Waals surface area contributed by atoms with Crippen molar-refractivity contribution in [3.8, 4) is 0 Å². The SMILES string of the molecule is ClC1CCC(Nc2cnc3ccccc3n2)CC1. The van der Waals surface area contributed by atoms with E-state index in [-0.39, 0.29) is 0 Å². The topological polar surface area (TPSA) is 37.8 Å². The van der Waals surface area contributed by atoms with Gasteiger partial charge in [0.05, 0.1) is 17.2 Å². The van der Waals surface area contributed by atoms with E-state index in [1.165, 1.54) is 0 Å². The van der Waals surface area contributed by atoms with Crippen LogP contribution < -0.4 is 5.32 Å². The largest absolute Gasteiger partial charge is 0.366 e. The van der Waals surface area contributed by atoms with Crippen LogP contribution in [0.2, 0.25) is 0 Å². The summed E-state index contributed by atoms with van der Waals surface area (Å²) < 4.78 is 0. The number of hydrogen-bond donors (Lipinski definition) is 1. The van der Waals surface area contributed by atoms with Crippen LogP contribution in [0.1, 0.15) is 25.7 Å². The molecule has 0 amide bonds. The number of rotatable bonds is 2. The van der Waals surface area contributed by atoms with Gasteiger partial charge in [0.15, 0.2) is 0 Å². The Morgan fingerprint density at radius 3 is 2.56 bits per heavy atom. The van der Waals surface area contributed by atoms with Crippen LogP contribution in [0.25, 0.3) is 11.0 Å². The molecule has 3 nitrogen and oxygen atoms in total. The van der Waals surface area contributed by atoms with Gasteiger partial charge in [-0.1, -0.05) is 12.1 Å². The van der Waals surface area contributed by atoms with Crippen molar-refractivity contribution in [2.24, 2.45) is 0 Å². The predicted molar refractivity (Wildman–Crippen MR) is 75.1 cm³/mol. The van der Waals surface area contributed by atoms with Crippen LogP contribution in [-0.2, 0) is 0 Å². The third kappa shape index (κ3) is 2.56. The number of para-hydroxylation sites is 2. The average molecular weight is 262 g/mol. The molecule has 0 unspecified atom stereocenters. The molecule has 0 radical (unpaired) electrons. The van der Waals surface area contributed by atoms with Crippen LogP contribution >= 0.6 is 11.6 Å². The highest BCUT2D eigenvalue weighted by Crippen LogP contribution is 2.25. The first-order valence-electron chi connectivity index (χ1n) is 6.43. The molecular weight excluding hydrogens is 246 g/mol. The van der Waals surface area contributed by atoms with Crippen molar-refractivity contribution in [3.05, 3.63) is 30.5 Å². The zero-order valence-corrected chi connectivity index (χ0v) is 10.9. The van der Waals surface area contributed by atoms with Gasteiger partial charge in [-0.15, -0.1) is 11.6 Å². The Hall–Kier alpha value is -1.35. The normalized spacial score (nSPS) is 24.1. The van der Waals surface area contributed by atoms with Gasteiger partial charge in [0, 0.05) is 11.4 Å². The minimum atomic E-state index is 0.353. The maximum absolute atomic E-state index is 6.11. The maximum Gasteiger partial charge on any atom is 0.145 e. The van der Waals surface area contributed by atoms with Crippen LogP contribution in [0.5, 0.6) is 0 Å². The Morgan fingerprint density at radius 2 is 1.78 bits per heavy atom. The number of alkyl halides is 1. The molecule has 1 aliphatic carbocycles. The number of anilines is 1. The van der Waals surface area contributed by atoms with Crippen LogP contribution in [0, 0.1) is 0 Å². The number of halogens is 1. The summed E-state index contributed by atoms with van der Waals surface area (Å²) in [7, 11) is 0. The molecule has 1 aliphatic rings. The Morgan fingerprint density at radius 1 is 1.06 bits per heavy atom. The molecule has 1 fully saturated rings. The molecule has 1 heterocycles. The Bertz CT molecular complexity index is 535. The molecule has 0 bridgehead atoms. The number of benzene rings is 1. The highest BCUT2D eigenvalue weighted by molar-refractivity contribution is 6.20. The predicted octanol–water partition coefficient (Wildman–Crippen LogP) is 3.59. The van der Waals surface area contributed by atoms with E-state index in [4.69, 9.17) is 11.6 Å². The van der Waals surface area contributed by atoms with E-state index < -0.39 is 0 Å². The number of nitrogens with one attached hydrogen (secondary N) is 1. The number of nitrogens with zero attached hydrogens (tertiary/aromatic N) is 2. The van der Waals surface area contributed by atoms with Crippen LogP contribution in [-0.4, -0.2) is 21.4 Å². The lowest BCUT2D eigenvalue weighted by atomic mass is 9.95. The quantitative estimate of drug-likeness (QED) is 0.840. The monoisotopic (exact) mass is 261 g/mol. The summed E-state index contributed by atoms with van der Waals surface area (Å²) in [6, 6.07) is 8.41. The van der Waals surface area contributed by atoms with Gasteiger partial charge in [0.1, 0.15) is 5.82 Å². The van der Waals surface area contributed by atoms with Crippen molar-refractivity contribution < 1.29 is 0 Å². The fourth-order valence-electron chi connectivity index (χ4n) is 2.43. The molecule has 4 heteroatoms. The van der Waals surface area contributed by atoms with Crippen molar-refractivity contribution in [3.63, 3.8) is 0 Å². The summed E-state index contributed by atoms with van der Waals surface area (Å²) in [5, 5.41) is 3.81. The molecule has 94 valence electrons. The first-order valence-corrected chi connectivity index (χ1v) is 6.87. The second-order valence-corrected chi connectivity index (χ2v) is 5.45. The molecule has 1 aromatic heterocycles. The highest BCUT2D eigenvalue weighted by atomic mass is 35.5. The number of fused-ring (bicyclic) bond motifs is 1. The van der Waals surface area contributed by atoms with Crippen LogP contribution in [0.3, 0.4) is 0 Å². The molecule has 0 aliphatic heterocycles. The van der Waals surface area contributed by atoms with Crippen molar-refractivity contribution in [1.29, 1.82) is 0 Å². The Kier molecular flexibility index (Phi) is 3.33. The van der Waals surface area contributed by atoms with E-state index in [1.54, 1.807) is 0 Å². The molecule has 0 atom stereocenters. The van der Waals surface area contributed by atoms with E-state index in [2.05, 4.69) is 15.3 Å². The van der Waals surface area contributed by atoms with Gasteiger partial charge in [-0.2, -0.15) is 0 Å². The summed E-state index contributed by atoms with van der Waals surface area (Å²) in [6.07, 6.45) is 6.21. The Labute approximate surface area is 112 Å². The lowest BCUT2D eigenvalue weighted by molar-refractivity contribution is 0.467. The second kappa shape index (κ2) is 5.11. The second-order valence-electron chi connectivity index (χ2n) is 4.84. The van der Waals surface area contributed by atoms with E-state index in [9.17, 15) is 0 Å². The van der Waals surface area contributed by atoms with Crippen molar-refractivity contribution in [1.82, 2.24) is 9.97 Å². The molecule has 2 aromatic rings. The first kappa shape index (κ1) is 11.7. The maximum atomic E-state index is 6.11. The molecule has 3 rings (SSSR count). The van der Waals surface area contributed by atoms with Gasteiger partial charge in [-0.05, 0) is 37.8 Å². The van der Waals surface area contributed by atoms with E-state index >= 15 is 0 Å². The zero-order chi connectivity index (χ0) is 12.4. The van der Waals surface area contributed by atoms with Gasteiger partial charge in [0.25, 0.3) is 0 Å². The average Bonchev–Trinajstić information content (AvgIpc) is 2.41. The van der Waals surface area contributed by atoms with Crippen molar-refractivity contribution in [2.45, 2.75) is 37.1 Å². The molecule has 1 saturated carbocycles. The summed E-state index contributed by atoms with van der Waals surface area (Å²) in [4.78, 5) is 8.99. The first-order chi connectivity index (χ1) is 8.81. The summed E-state index contributed by atoms with van der Waals surface area (Å²) >= 11 is 6.11. The number of aromatic nitrogens is 2. The minimum Gasteiger partial charge on any atom is -0.366 e. The molecule has 1 aromatic carbocycles. The fraction of sp³-hybridized carbons (Fsp3) is 0.429.